The fourth-order valence-corrected chi connectivity index (χ4v) is 3.72. The molecule has 0 radical (unpaired) electrons. The van der Waals surface area contributed by atoms with Crippen LogP contribution < -0.4 is 10.6 Å². The molecule has 0 saturated heterocycles. The van der Waals surface area contributed by atoms with Crippen LogP contribution in [0.5, 0.6) is 0 Å². The Kier molecular flexibility index (Phi) is 6.27. The summed E-state index contributed by atoms with van der Waals surface area (Å²) >= 11 is 0. The highest BCUT2D eigenvalue weighted by atomic mass is 19.1. The van der Waals surface area contributed by atoms with Crippen LogP contribution in [0.2, 0.25) is 0 Å². The number of rotatable bonds is 7. The average Bonchev–Trinajstić information content (AvgIpc) is 3.60. The Morgan fingerprint density at radius 2 is 1.75 bits per heavy atom. The Morgan fingerprint density at radius 3 is 2.50 bits per heavy atom. The molecule has 11 heteroatoms. The Bertz CT molecular complexity index is 1530. The Morgan fingerprint density at radius 1 is 1.00 bits per heavy atom. The molecule has 1 aliphatic rings. The average molecular weight is 484 g/mol. The van der Waals surface area contributed by atoms with E-state index >= 15 is 0 Å². The first-order valence-electron chi connectivity index (χ1n) is 11.2. The zero-order valence-corrected chi connectivity index (χ0v) is 19.3. The normalized spacial score (nSPS) is 12.6. The second-order valence-corrected chi connectivity index (χ2v) is 8.19. The third-order valence-electron chi connectivity index (χ3n) is 5.68. The van der Waals surface area contributed by atoms with Crippen LogP contribution >= 0.6 is 0 Å². The second kappa shape index (κ2) is 9.82. The van der Waals surface area contributed by atoms with E-state index < -0.39 is 11.8 Å². The molecule has 3 heterocycles. The summed E-state index contributed by atoms with van der Waals surface area (Å²) in [6, 6.07) is 13.6. The van der Waals surface area contributed by atoms with Crippen LogP contribution in [0.3, 0.4) is 0 Å². The van der Waals surface area contributed by atoms with Crippen molar-refractivity contribution < 1.29 is 14.0 Å². The molecular formula is C25H21FN8O2. The minimum atomic E-state index is -0.495. The van der Waals surface area contributed by atoms with Crippen molar-refractivity contribution >= 4 is 29.5 Å². The quantitative estimate of drug-likeness (QED) is 0.417. The number of hydrogen-bond acceptors (Lipinski definition) is 7. The van der Waals surface area contributed by atoms with Crippen molar-refractivity contribution in [3.05, 3.63) is 94.3 Å². The monoisotopic (exact) mass is 484 g/mol. The SMILES string of the molecule is Cc1cc(CNC(=O)c2cc(C(=O)NCc3ccc(C4=NN=CC4)cc3)n3ncnc3n2)ccc1F. The molecule has 0 aliphatic carbocycles. The second-order valence-electron chi connectivity index (χ2n) is 8.19. The molecule has 10 nitrogen and oxygen atoms in total. The molecule has 1 aliphatic heterocycles. The minimum absolute atomic E-state index is 0.0170. The number of carbonyl (C=O) groups excluding carboxylic acids is 2. The van der Waals surface area contributed by atoms with Crippen LogP contribution in [0.25, 0.3) is 5.78 Å². The molecule has 5 rings (SSSR count). The Balaban J connectivity index is 1.28. The fourth-order valence-electron chi connectivity index (χ4n) is 3.72. The van der Waals surface area contributed by atoms with Crippen LogP contribution in [-0.2, 0) is 13.1 Å². The molecule has 0 atom stereocenters. The smallest absolute Gasteiger partial charge is 0.270 e. The van der Waals surface area contributed by atoms with Gasteiger partial charge in [0.25, 0.3) is 17.6 Å². The van der Waals surface area contributed by atoms with Gasteiger partial charge < -0.3 is 10.6 Å². The number of carbonyl (C=O) groups is 2. The molecule has 0 unspecified atom stereocenters. The van der Waals surface area contributed by atoms with Crippen LogP contribution in [0, 0.1) is 12.7 Å². The minimum Gasteiger partial charge on any atom is -0.347 e. The van der Waals surface area contributed by atoms with Gasteiger partial charge in [-0.1, -0.05) is 36.4 Å². The lowest BCUT2D eigenvalue weighted by Crippen LogP contribution is -2.28. The van der Waals surface area contributed by atoms with Gasteiger partial charge >= 0.3 is 0 Å². The van der Waals surface area contributed by atoms with Gasteiger partial charge in [-0.3, -0.25) is 9.59 Å². The number of nitrogens with zero attached hydrogens (tertiary/aromatic N) is 6. The van der Waals surface area contributed by atoms with Crippen LogP contribution in [0.4, 0.5) is 4.39 Å². The summed E-state index contributed by atoms with van der Waals surface area (Å²) < 4.78 is 14.8. The van der Waals surface area contributed by atoms with Gasteiger partial charge in [-0.15, -0.1) is 0 Å². The van der Waals surface area contributed by atoms with E-state index in [2.05, 4.69) is 35.9 Å². The first-order valence-corrected chi connectivity index (χ1v) is 11.2. The van der Waals surface area contributed by atoms with Crippen molar-refractivity contribution in [1.29, 1.82) is 0 Å². The number of hydrogen-bond donors (Lipinski definition) is 2. The zero-order valence-electron chi connectivity index (χ0n) is 19.3. The molecule has 2 aromatic carbocycles. The van der Waals surface area contributed by atoms with E-state index in [0.717, 1.165) is 22.4 Å². The predicted molar refractivity (Wildman–Crippen MR) is 130 cm³/mol. The topological polar surface area (TPSA) is 126 Å². The van der Waals surface area contributed by atoms with E-state index in [1.807, 2.05) is 24.3 Å². The van der Waals surface area contributed by atoms with Crippen molar-refractivity contribution in [2.75, 3.05) is 0 Å². The van der Waals surface area contributed by atoms with Gasteiger partial charge in [0.1, 0.15) is 23.5 Å². The summed E-state index contributed by atoms with van der Waals surface area (Å²) in [5.41, 5.74) is 4.13. The lowest BCUT2D eigenvalue weighted by atomic mass is 10.1. The van der Waals surface area contributed by atoms with Crippen molar-refractivity contribution in [2.24, 2.45) is 10.2 Å². The Labute approximate surface area is 205 Å². The highest BCUT2D eigenvalue weighted by molar-refractivity contribution is 6.09. The summed E-state index contributed by atoms with van der Waals surface area (Å²) in [5.74, 6) is -1.12. The molecular weight excluding hydrogens is 463 g/mol. The Hall–Kier alpha value is -4.80. The number of aromatic nitrogens is 4. The van der Waals surface area contributed by atoms with Gasteiger partial charge in [-0.05, 0) is 35.2 Å². The first-order chi connectivity index (χ1) is 17.5. The van der Waals surface area contributed by atoms with Gasteiger partial charge in [0, 0.05) is 31.8 Å². The zero-order chi connectivity index (χ0) is 25.1. The molecule has 2 aromatic heterocycles. The summed E-state index contributed by atoms with van der Waals surface area (Å²) in [5, 5.41) is 17.6. The highest BCUT2D eigenvalue weighted by Gasteiger charge is 2.18. The van der Waals surface area contributed by atoms with Gasteiger partial charge in [-0.25, -0.2) is 9.37 Å². The van der Waals surface area contributed by atoms with E-state index in [0.29, 0.717) is 12.0 Å². The lowest BCUT2D eigenvalue weighted by molar-refractivity contribution is 0.0942. The third-order valence-corrected chi connectivity index (χ3v) is 5.68. The maximum atomic E-state index is 13.5. The van der Waals surface area contributed by atoms with E-state index in [-0.39, 0.29) is 36.1 Å². The molecule has 0 fully saturated rings. The predicted octanol–water partition coefficient (Wildman–Crippen LogP) is 2.61. The van der Waals surface area contributed by atoms with Crippen molar-refractivity contribution in [3.63, 3.8) is 0 Å². The first kappa shape index (κ1) is 23.0. The molecule has 2 amide bonds. The van der Waals surface area contributed by atoms with Crippen LogP contribution in [-0.4, -0.2) is 43.3 Å². The molecule has 4 aromatic rings. The molecule has 0 saturated carbocycles. The van der Waals surface area contributed by atoms with Gasteiger partial charge in [0.05, 0.1) is 5.71 Å². The van der Waals surface area contributed by atoms with E-state index in [1.165, 1.54) is 23.0 Å². The number of benzene rings is 2. The molecule has 180 valence electrons. The molecule has 36 heavy (non-hydrogen) atoms. The van der Waals surface area contributed by atoms with Crippen LogP contribution in [0.1, 0.15) is 49.7 Å². The van der Waals surface area contributed by atoms with Crippen molar-refractivity contribution in [1.82, 2.24) is 30.2 Å². The standard InChI is InChI=1S/C25H21FN8O2/c1-15-10-17(4-7-19(15)26)13-27-23(35)21-11-22(34-25(32-21)29-14-31-34)24(36)28-12-16-2-5-18(6-3-16)20-8-9-30-33-20/h2-7,9-11,14H,8,12-13H2,1H3,(H,27,35)(H,28,36). The lowest BCUT2D eigenvalue weighted by Gasteiger charge is -2.10. The van der Waals surface area contributed by atoms with Gasteiger partial charge in [0.15, 0.2) is 0 Å². The number of amides is 2. The maximum Gasteiger partial charge on any atom is 0.270 e. The fraction of sp³-hybridized carbons (Fsp3) is 0.160. The number of aryl methyl sites for hydroxylation is 1. The molecule has 0 bridgehead atoms. The van der Waals surface area contributed by atoms with E-state index in [4.69, 9.17) is 0 Å². The molecule has 2 N–H and O–H groups in total. The van der Waals surface area contributed by atoms with Gasteiger partial charge in [0.2, 0.25) is 0 Å². The number of halogens is 1. The van der Waals surface area contributed by atoms with E-state index in [1.54, 1.807) is 25.3 Å². The van der Waals surface area contributed by atoms with Crippen molar-refractivity contribution in [2.45, 2.75) is 26.4 Å². The van der Waals surface area contributed by atoms with E-state index in [9.17, 15) is 14.0 Å². The van der Waals surface area contributed by atoms with Crippen LogP contribution in [0.15, 0.2) is 65.1 Å². The molecule has 0 spiro atoms. The number of nitrogens with one attached hydrogen (secondary N) is 2. The summed E-state index contributed by atoms with van der Waals surface area (Å²) in [7, 11) is 0. The highest BCUT2D eigenvalue weighted by Crippen LogP contribution is 2.12. The van der Waals surface area contributed by atoms with Gasteiger partial charge in [-0.2, -0.15) is 24.8 Å². The summed E-state index contributed by atoms with van der Waals surface area (Å²) in [4.78, 5) is 34.0. The number of fused-ring (bicyclic) bond motifs is 1. The maximum absolute atomic E-state index is 13.5. The van der Waals surface area contributed by atoms with Crippen molar-refractivity contribution in [3.8, 4) is 0 Å². The third kappa shape index (κ3) is 4.85. The summed E-state index contributed by atoms with van der Waals surface area (Å²) in [6.45, 7) is 2.10. The summed E-state index contributed by atoms with van der Waals surface area (Å²) in [6.07, 6.45) is 3.71. The largest absolute Gasteiger partial charge is 0.347 e.